The number of amidine groups is 1. The van der Waals surface area contributed by atoms with Crippen LogP contribution in [0.1, 0.15) is 19.4 Å². The topological polar surface area (TPSA) is 104 Å². The Bertz CT molecular complexity index is 504. The predicted octanol–water partition coefficient (Wildman–Crippen LogP) is 0.152. The van der Waals surface area contributed by atoms with Gasteiger partial charge in [0.05, 0.1) is 18.3 Å². The molecule has 1 aliphatic heterocycles. The maximum Gasteiger partial charge on any atom is 0.170 e. The lowest BCUT2D eigenvalue weighted by atomic mass is 10.1. The fourth-order valence-corrected chi connectivity index (χ4v) is 2.37. The first-order chi connectivity index (χ1) is 9.45. The van der Waals surface area contributed by atoms with Gasteiger partial charge in [-0.25, -0.2) is 4.98 Å². The molecular formula is C13H20N4O3. The molecule has 7 nitrogen and oxygen atoms in total. The largest absolute Gasteiger partial charge is 0.409 e. The van der Waals surface area contributed by atoms with Crippen molar-refractivity contribution >= 4 is 11.7 Å². The molecule has 1 aromatic rings. The second kappa shape index (κ2) is 5.64. The van der Waals surface area contributed by atoms with E-state index in [2.05, 4.69) is 10.1 Å². The summed E-state index contributed by atoms with van der Waals surface area (Å²) in [4.78, 5) is 6.34. The Labute approximate surface area is 117 Å². The van der Waals surface area contributed by atoms with E-state index in [9.17, 15) is 5.11 Å². The van der Waals surface area contributed by atoms with Gasteiger partial charge in [0.15, 0.2) is 5.84 Å². The lowest BCUT2D eigenvalue weighted by Gasteiger charge is -2.42. The molecule has 0 spiro atoms. The molecule has 0 radical (unpaired) electrons. The number of nitrogens with two attached hydrogens (primary N) is 1. The molecular weight excluding hydrogens is 260 g/mol. The summed E-state index contributed by atoms with van der Waals surface area (Å²) in [5, 5.41) is 21.0. The Morgan fingerprint density at radius 1 is 1.65 bits per heavy atom. The van der Waals surface area contributed by atoms with Crippen LogP contribution in [0, 0.1) is 0 Å². The first-order valence-corrected chi connectivity index (χ1v) is 6.43. The van der Waals surface area contributed by atoms with Crippen molar-refractivity contribution in [2.45, 2.75) is 25.6 Å². The fourth-order valence-electron chi connectivity index (χ4n) is 2.37. The van der Waals surface area contributed by atoms with E-state index in [1.165, 1.54) is 0 Å². The van der Waals surface area contributed by atoms with Crippen molar-refractivity contribution in [3.05, 3.63) is 23.9 Å². The van der Waals surface area contributed by atoms with E-state index in [0.29, 0.717) is 24.5 Å². The SMILES string of the molecule is CC1(C)CN(c2cc(/C(N)=N/O)ccn2)CC(CO)O1. The minimum absolute atomic E-state index is 0.0416. The highest BCUT2D eigenvalue weighted by atomic mass is 16.5. The molecule has 1 unspecified atom stereocenters. The number of morpholine rings is 1. The van der Waals surface area contributed by atoms with Gasteiger partial charge in [0.25, 0.3) is 0 Å². The molecule has 1 fully saturated rings. The maximum atomic E-state index is 9.32. The number of hydrogen-bond acceptors (Lipinski definition) is 6. The zero-order valence-corrected chi connectivity index (χ0v) is 11.7. The second-order valence-corrected chi connectivity index (χ2v) is 5.45. The second-order valence-electron chi connectivity index (χ2n) is 5.45. The summed E-state index contributed by atoms with van der Waals surface area (Å²) in [5.41, 5.74) is 5.81. The van der Waals surface area contributed by atoms with Crippen LogP contribution < -0.4 is 10.6 Å². The molecule has 1 atom stereocenters. The molecule has 110 valence electrons. The molecule has 1 aromatic heterocycles. The predicted molar refractivity (Wildman–Crippen MR) is 75.0 cm³/mol. The maximum absolute atomic E-state index is 9.32. The van der Waals surface area contributed by atoms with Crippen molar-refractivity contribution in [1.82, 2.24) is 4.98 Å². The number of oxime groups is 1. The average molecular weight is 280 g/mol. The van der Waals surface area contributed by atoms with E-state index < -0.39 is 0 Å². The first kappa shape index (κ1) is 14.5. The Morgan fingerprint density at radius 2 is 2.40 bits per heavy atom. The van der Waals surface area contributed by atoms with Crippen LogP contribution in [0.15, 0.2) is 23.5 Å². The molecule has 0 amide bonds. The van der Waals surface area contributed by atoms with Gasteiger partial charge in [0.2, 0.25) is 0 Å². The average Bonchev–Trinajstić information content (AvgIpc) is 2.44. The summed E-state index contributed by atoms with van der Waals surface area (Å²) in [6, 6.07) is 3.43. The van der Waals surface area contributed by atoms with Crippen LogP contribution in [0.5, 0.6) is 0 Å². The summed E-state index contributed by atoms with van der Waals surface area (Å²) in [6.07, 6.45) is 1.35. The molecule has 20 heavy (non-hydrogen) atoms. The number of anilines is 1. The van der Waals surface area contributed by atoms with Gasteiger partial charge in [0, 0.05) is 24.8 Å². The minimum Gasteiger partial charge on any atom is -0.409 e. The van der Waals surface area contributed by atoms with Gasteiger partial charge in [-0.1, -0.05) is 5.16 Å². The van der Waals surface area contributed by atoms with E-state index >= 15 is 0 Å². The van der Waals surface area contributed by atoms with Gasteiger partial charge in [-0.15, -0.1) is 0 Å². The van der Waals surface area contributed by atoms with Crippen LogP contribution in [0.2, 0.25) is 0 Å². The van der Waals surface area contributed by atoms with E-state index in [4.69, 9.17) is 15.7 Å². The Kier molecular flexibility index (Phi) is 4.10. The van der Waals surface area contributed by atoms with Gasteiger partial charge in [-0.3, -0.25) is 0 Å². The normalized spacial score (nSPS) is 22.9. The molecule has 1 aliphatic rings. The van der Waals surface area contributed by atoms with E-state index in [-0.39, 0.29) is 24.1 Å². The zero-order valence-electron chi connectivity index (χ0n) is 11.7. The summed E-state index contributed by atoms with van der Waals surface area (Å²) in [7, 11) is 0. The monoisotopic (exact) mass is 280 g/mol. The Hall–Kier alpha value is -1.86. The number of nitrogens with zero attached hydrogens (tertiary/aromatic N) is 3. The third kappa shape index (κ3) is 3.17. The summed E-state index contributed by atoms with van der Waals surface area (Å²) in [6.45, 7) is 5.09. The van der Waals surface area contributed by atoms with Crippen LogP contribution in [0.3, 0.4) is 0 Å². The smallest absolute Gasteiger partial charge is 0.170 e. The van der Waals surface area contributed by atoms with Gasteiger partial charge < -0.3 is 25.7 Å². The van der Waals surface area contributed by atoms with Crippen molar-refractivity contribution in [2.75, 3.05) is 24.6 Å². The van der Waals surface area contributed by atoms with Crippen molar-refractivity contribution in [1.29, 1.82) is 0 Å². The quantitative estimate of drug-likeness (QED) is 0.315. The molecule has 0 aliphatic carbocycles. The van der Waals surface area contributed by atoms with Crippen LogP contribution in [-0.4, -0.2) is 52.5 Å². The van der Waals surface area contributed by atoms with Gasteiger partial charge >= 0.3 is 0 Å². The van der Waals surface area contributed by atoms with Crippen LogP contribution in [-0.2, 0) is 4.74 Å². The molecule has 0 bridgehead atoms. The highest BCUT2D eigenvalue weighted by molar-refractivity contribution is 5.97. The Balaban J connectivity index is 2.26. The lowest BCUT2D eigenvalue weighted by Crippen LogP contribution is -2.54. The highest BCUT2D eigenvalue weighted by Gasteiger charge is 2.33. The van der Waals surface area contributed by atoms with E-state index in [0.717, 1.165) is 0 Å². The highest BCUT2D eigenvalue weighted by Crippen LogP contribution is 2.25. The number of hydrogen-bond donors (Lipinski definition) is 3. The van der Waals surface area contributed by atoms with Crippen molar-refractivity contribution in [2.24, 2.45) is 10.9 Å². The van der Waals surface area contributed by atoms with Gasteiger partial charge in [-0.05, 0) is 26.0 Å². The number of aliphatic hydroxyl groups excluding tert-OH is 1. The van der Waals surface area contributed by atoms with Crippen LogP contribution in [0.4, 0.5) is 5.82 Å². The number of ether oxygens (including phenoxy) is 1. The van der Waals surface area contributed by atoms with Gasteiger partial charge in [0.1, 0.15) is 5.82 Å². The van der Waals surface area contributed by atoms with Gasteiger partial charge in [-0.2, -0.15) is 0 Å². The number of pyridine rings is 1. The molecule has 7 heteroatoms. The van der Waals surface area contributed by atoms with Crippen molar-refractivity contribution < 1.29 is 15.1 Å². The summed E-state index contributed by atoms with van der Waals surface area (Å²) >= 11 is 0. The van der Waals surface area contributed by atoms with Crippen molar-refractivity contribution in [3.8, 4) is 0 Å². The van der Waals surface area contributed by atoms with Crippen LogP contribution >= 0.6 is 0 Å². The minimum atomic E-state index is -0.375. The molecule has 4 N–H and O–H groups in total. The fraction of sp³-hybridized carbons (Fsp3) is 0.538. The molecule has 1 saturated heterocycles. The third-order valence-electron chi connectivity index (χ3n) is 3.16. The summed E-state index contributed by atoms with van der Waals surface area (Å²) in [5.74, 6) is 0.754. The zero-order chi connectivity index (χ0) is 14.8. The number of aliphatic hydroxyl groups is 1. The number of aromatic nitrogens is 1. The van der Waals surface area contributed by atoms with E-state index in [1.54, 1.807) is 18.3 Å². The van der Waals surface area contributed by atoms with Crippen LogP contribution in [0.25, 0.3) is 0 Å². The van der Waals surface area contributed by atoms with Crippen molar-refractivity contribution in [3.63, 3.8) is 0 Å². The first-order valence-electron chi connectivity index (χ1n) is 6.43. The summed E-state index contributed by atoms with van der Waals surface area (Å²) < 4.78 is 5.77. The molecule has 0 aromatic carbocycles. The van der Waals surface area contributed by atoms with E-state index in [1.807, 2.05) is 18.7 Å². The Morgan fingerprint density at radius 3 is 3.05 bits per heavy atom. The standard InChI is InChI=1S/C13H20N4O3/c1-13(2)8-17(6-10(7-18)20-13)11-5-9(3-4-15-11)12(14)16-19/h3-5,10,18-19H,6-8H2,1-2H3,(H2,14,16). The lowest BCUT2D eigenvalue weighted by molar-refractivity contribution is -0.101. The number of rotatable bonds is 3. The third-order valence-corrected chi connectivity index (χ3v) is 3.16. The molecule has 2 rings (SSSR count). The molecule has 0 saturated carbocycles. The molecule has 2 heterocycles.